The average Bonchev–Trinajstić information content (AvgIpc) is 2.30. The molecule has 1 radical (unpaired) electrons. The Hall–Kier alpha value is 0.627. The van der Waals surface area contributed by atoms with Gasteiger partial charge in [-0.05, 0) is 37.1 Å². The van der Waals surface area contributed by atoms with Crippen molar-refractivity contribution < 1.29 is 0 Å². The minimum Gasteiger partial charge on any atom is -0.0836 e. The number of halogens is 1. The van der Waals surface area contributed by atoms with E-state index in [0.29, 0.717) is 0 Å². The van der Waals surface area contributed by atoms with Crippen LogP contribution in [0.3, 0.4) is 0 Å². The van der Waals surface area contributed by atoms with Crippen LogP contribution in [0.2, 0.25) is 5.02 Å². The monoisotopic (exact) mass is 291 g/mol. The summed E-state index contributed by atoms with van der Waals surface area (Å²) in [7, 11) is 0.772. The molecule has 1 aliphatic carbocycles. The number of hydrogen-bond acceptors (Lipinski definition) is 1. The van der Waals surface area contributed by atoms with Crippen LogP contribution in [0.25, 0.3) is 0 Å². The summed E-state index contributed by atoms with van der Waals surface area (Å²) in [4.78, 5) is 0. The SMILES string of the molecule is Cc1cccc(Cl)c1C(=S)PC1CCCCC1.[Li]. The Morgan fingerprint density at radius 1 is 1.28 bits per heavy atom. The fourth-order valence-corrected chi connectivity index (χ4v) is 5.19. The van der Waals surface area contributed by atoms with Crippen molar-refractivity contribution >= 4 is 55.9 Å². The third-order valence-electron chi connectivity index (χ3n) is 3.39. The Kier molecular flexibility index (Phi) is 7.45. The first-order valence-electron chi connectivity index (χ1n) is 6.24. The quantitative estimate of drug-likeness (QED) is 0.431. The second kappa shape index (κ2) is 8.04. The van der Waals surface area contributed by atoms with Crippen LogP contribution in [-0.2, 0) is 0 Å². The van der Waals surface area contributed by atoms with Crippen molar-refractivity contribution in [2.45, 2.75) is 44.7 Å². The van der Waals surface area contributed by atoms with E-state index < -0.39 is 0 Å². The van der Waals surface area contributed by atoms with Gasteiger partial charge in [-0.3, -0.25) is 0 Å². The van der Waals surface area contributed by atoms with Crippen LogP contribution < -0.4 is 0 Å². The fraction of sp³-hybridized carbons (Fsp3) is 0.500. The standard InChI is InChI=1S/C14H18ClPS.Li/c1-10-6-5-9-12(15)13(10)14(17)16-11-7-3-2-4-8-11;/h5-6,9,11,16H,2-4,7-8H2,1H3;. The molecule has 2 rings (SSSR count). The molecule has 0 heterocycles. The van der Waals surface area contributed by atoms with Crippen molar-refractivity contribution in [3.8, 4) is 0 Å². The van der Waals surface area contributed by atoms with Crippen LogP contribution in [0.15, 0.2) is 18.2 Å². The summed E-state index contributed by atoms with van der Waals surface area (Å²) < 4.78 is 1.08. The van der Waals surface area contributed by atoms with E-state index in [4.69, 9.17) is 23.8 Å². The number of aryl methyl sites for hydroxylation is 1. The molecule has 1 aromatic carbocycles. The van der Waals surface area contributed by atoms with Gasteiger partial charge in [-0.1, -0.05) is 63.8 Å². The van der Waals surface area contributed by atoms with Gasteiger partial charge in [-0.2, -0.15) is 0 Å². The Morgan fingerprint density at radius 3 is 2.56 bits per heavy atom. The minimum absolute atomic E-state index is 0. The van der Waals surface area contributed by atoms with Gasteiger partial charge < -0.3 is 0 Å². The van der Waals surface area contributed by atoms with Crippen molar-refractivity contribution in [1.29, 1.82) is 0 Å². The Balaban J connectivity index is 0.00000162. The molecule has 0 saturated heterocycles. The van der Waals surface area contributed by atoms with Gasteiger partial charge in [0.25, 0.3) is 0 Å². The van der Waals surface area contributed by atoms with Crippen LogP contribution in [-0.4, -0.2) is 29.1 Å². The van der Waals surface area contributed by atoms with Crippen molar-refractivity contribution in [2.75, 3.05) is 0 Å². The van der Waals surface area contributed by atoms with Crippen molar-refractivity contribution in [3.05, 3.63) is 34.3 Å². The van der Waals surface area contributed by atoms with Gasteiger partial charge in [-0.15, -0.1) is 0 Å². The maximum absolute atomic E-state index is 6.26. The van der Waals surface area contributed by atoms with E-state index in [-0.39, 0.29) is 18.9 Å². The molecule has 0 nitrogen and oxygen atoms in total. The van der Waals surface area contributed by atoms with Crippen LogP contribution in [0.5, 0.6) is 0 Å². The summed E-state index contributed by atoms with van der Waals surface area (Å²) in [6, 6.07) is 6.04. The third kappa shape index (κ3) is 4.33. The molecule has 0 amide bonds. The number of benzene rings is 1. The number of hydrogen-bond donors (Lipinski definition) is 0. The third-order valence-corrected chi connectivity index (χ3v) is 5.76. The van der Waals surface area contributed by atoms with Gasteiger partial charge >= 0.3 is 0 Å². The van der Waals surface area contributed by atoms with Gasteiger partial charge in [0.15, 0.2) is 0 Å². The van der Waals surface area contributed by atoms with Crippen molar-refractivity contribution in [2.24, 2.45) is 0 Å². The molecule has 1 unspecified atom stereocenters. The molecule has 18 heavy (non-hydrogen) atoms. The smallest absolute Gasteiger partial charge is 0.0495 e. The molecule has 1 saturated carbocycles. The van der Waals surface area contributed by atoms with Crippen molar-refractivity contribution in [3.63, 3.8) is 0 Å². The van der Waals surface area contributed by atoms with Crippen LogP contribution in [0.1, 0.15) is 43.2 Å². The molecule has 0 bridgehead atoms. The summed E-state index contributed by atoms with van der Waals surface area (Å²) in [5.74, 6) is 0. The Morgan fingerprint density at radius 2 is 1.94 bits per heavy atom. The molecule has 0 spiro atoms. The summed E-state index contributed by atoms with van der Waals surface area (Å²) >= 11 is 11.9. The van der Waals surface area contributed by atoms with Crippen LogP contribution in [0, 0.1) is 6.92 Å². The second-order valence-corrected chi connectivity index (χ2v) is 7.52. The molecule has 0 N–H and O–H groups in total. The zero-order valence-corrected chi connectivity index (χ0v) is 13.7. The van der Waals surface area contributed by atoms with E-state index in [2.05, 4.69) is 13.0 Å². The molecule has 1 fully saturated rings. The molecule has 1 aliphatic rings. The topological polar surface area (TPSA) is 0 Å². The Labute approximate surface area is 134 Å². The summed E-state index contributed by atoms with van der Waals surface area (Å²) in [5.41, 5.74) is 3.14. The summed E-state index contributed by atoms with van der Waals surface area (Å²) in [5, 5.41) is 0.818. The molecule has 1 atom stereocenters. The first-order chi connectivity index (χ1) is 8.18. The van der Waals surface area contributed by atoms with Crippen LogP contribution in [0.4, 0.5) is 0 Å². The first-order valence-corrected chi connectivity index (χ1v) is 8.11. The maximum Gasteiger partial charge on any atom is 0.0495 e. The molecule has 1 aromatic rings. The molecule has 93 valence electrons. The Bertz CT molecular complexity index is 396. The largest absolute Gasteiger partial charge is 0.0836 e. The van der Waals surface area contributed by atoms with E-state index in [9.17, 15) is 0 Å². The van der Waals surface area contributed by atoms with E-state index >= 15 is 0 Å². The minimum atomic E-state index is 0. The van der Waals surface area contributed by atoms with E-state index in [1.807, 2.05) is 12.1 Å². The van der Waals surface area contributed by atoms with Gasteiger partial charge in [0.1, 0.15) is 0 Å². The molecular formula is C14H18ClLiPS. The van der Waals surface area contributed by atoms with Gasteiger partial charge in [0.05, 0.1) is 0 Å². The van der Waals surface area contributed by atoms with E-state index in [1.165, 1.54) is 37.7 Å². The number of rotatable bonds is 3. The van der Waals surface area contributed by atoms with Gasteiger partial charge in [-0.25, -0.2) is 0 Å². The predicted molar refractivity (Wildman–Crippen MR) is 88.8 cm³/mol. The van der Waals surface area contributed by atoms with Crippen LogP contribution >= 0.6 is 32.4 Å². The maximum atomic E-state index is 6.26. The second-order valence-electron chi connectivity index (χ2n) is 4.74. The van der Waals surface area contributed by atoms with E-state index in [0.717, 1.165) is 29.4 Å². The predicted octanol–water partition coefficient (Wildman–Crippen LogP) is 4.95. The molecular weight excluding hydrogens is 274 g/mol. The zero-order chi connectivity index (χ0) is 12.3. The zero-order valence-electron chi connectivity index (χ0n) is 11.1. The average molecular weight is 292 g/mol. The van der Waals surface area contributed by atoms with Gasteiger partial charge in [0, 0.05) is 34.1 Å². The molecule has 0 aliphatic heterocycles. The van der Waals surface area contributed by atoms with E-state index in [1.54, 1.807) is 0 Å². The molecule has 4 heteroatoms. The number of thiocarbonyl (C=S) groups is 1. The normalized spacial score (nSPS) is 16.8. The van der Waals surface area contributed by atoms with Gasteiger partial charge in [0.2, 0.25) is 0 Å². The van der Waals surface area contributed by atoms with Crippen molar-refractivity contribution in [1.82, 2.24) is 0 Å². The summed E-state index contributed by atoms with van der Waals surface area (Å²) in [6.45, 7) is 2.10. The fourth-order valence-electron chi connectivity index (χ4n) is 2.42. The molecule has 0 aromatic heterocycles. The summed E-state index contributed by atoms with van der Waals surface area (Å²) in [6.07, 6.45) is 6.85. The first kappa shape index (κ1) is 16.7.